The van der Waals surface area contributed by atoms with Crippen LogP contribution in [-0.4, -0.2) is 59.8 Å². The summed E-state index contributed by atoms with van der Waals surface area (Å²) in [4.78, 5) is 11.9. The highest BCUT2D eigenvalue weighted by molar-refractivity contribution is 6.33. The molecule has 2 aromatic rings. The lowest BCUT2D eigenvalue weighted by atomic mass is 10.1. The first kappa shape index (κ1) is 12.7. The Morgan fingerprint density at radius 3 is 2.74 bits per heavy atom. The summed E-state index contributed by atoms with van der Waals surface area (Å²) in [6, 6.07) is 0. The minimum absolute atomic E-state index is 0.190. The fraction of sp³-hybridized carbons (Fsp3) is 0.500. The van der Waals surface area contributed by atoms with Gasteiger partial charge in [0.1, 0.15) is 30.2 Å². The van der Waals surface area contributed by atoms with Crippen LogP contribution in [0.15, 0.2) is 12.7 Å². The zero-order valence-corrected chi connectivity index (χ0v) is 10.3. The van der Waals surface area contributed by atoms with E-state index in [-0.39, 0.29) is 5.15 Å². The number of fused-ring (bicyclic) bond motifs is 1. The first-order valence-corrected chi connectivity index (χ1v) is 5.96. The van der Waals surface area contributed by atoms with Crippen LogP contribution in [0.2, 0.25) is 5.15 Å². The van der Waals surface area contributed by atoms with Crippen molar-refractivity contribution < 1.29 is 20.1 Å². The highest BCUT2D eigenvalue weighted by atomic mass is 35.5. The van der Waals surface area contributed by atoms with Gasteiger partial charge in [-0.3, -0.25) is 4.57 Å². The van der Waals surface area contributed by atoms with Crippen molar-refractivity contribution >= 4 is 22.8 Å². The number of rotatable bonds is 2. The van der Waals surface area contributed by atoms with E-state index in [1.807, 2.05) is 0 Å². The van der Waals surface area contributed by atoms with Gasteiger partial charge >= 0.3 is 0 Å². The molecule has 0 spiro atoms. The van der Waals surface area contributed by atoms with Crippen LogP contribution in [0.4, 0.5) is 0 Å². The number of aliphatic hydroxyl groups excluding tert-OH is 3. The second kappa shape index (κ2) is 4.66. The number of hydrogen-bond donors (Lipinski definition) is 3. The van der Waals surface area contributed by atoms with Crippen LogP contribution in [-0.2, 0) is 4.74 Å². The van der Waals surface area contributed by atoms with Gasteiger partial charge in [-0.15, -0.1) is 0 Å². The van der Waals surface area contributed by atoms with E-state index in [4.69, 9.17) is 21.4 Å². The molecular weight excluding hydrogens is 276 g/mol. The average molecular weight is 287 g/mol. The Hall–Kier alpha value is -1.32. The third-order valence-electron chi connectivity index (χ3n) is 3.11. The van der Waals surface area contributed by atoms with Crippen molar-refractivity contribution in [1.82, 2.24) is 19.5 Å². The Morgan fingerprint density at radius 1 is 1.26 bits per heavy atom. The summed E-state index contributed by atoms with van der Waals surface area (Å²) >= 11 is 5.88. The number of aliphatic hydroxyl groups is 3. The largest absolute Gasteiger partial charge is 0.394 e. The summed E-state index contributed by atoms with van der Waals surface area (Å²) in [6.45, 7) is -0.392. The summed E-state index contributed by atoms with van der Waals surface area (Å²) in [5.41, 5.74) is 0.761. The number of ether oxygens (including phenoxy) is 1. The van der Waals surface area contributed by atoms with Gasteiger partial charge in [-0.05, 0) is 0 Å². The molecule has 3 N–H and O–H groups in total. The van der Waals surface area contributed by atoms with Gasteiger partial charge in [-0.1, -0.05) is 11.6 Å². The fourth-order valence-corrected chi connectivity index (χ4v) is 2.30. The van der Waals surface area contributed by atoms with Gasteiger partial charge in [0, 0.05) is 0 Å². The summed E-state index contributed by atoms with van der Waals surface area (Å²) in [5, 5.41) is 28.9. The van der Waals surface area contributed by atoms with E-state index in [0.29, 0.717) is 11.2 Å². The molecule has 0 amide bonds. The van der Waals surface area contributed by atoms with Crippen LogP contribution in [0.5, 0.6) is 0 Å². The van der Waals surface area contributed by atoms with Gasteiger partial charge in [0.15, 0.2) is 17.0 Å². The lowest BCUT2D eigenvalue weighted by Crippen LogP contribution is -2.33. The Kier molecular flexibility index (Phi) is 3.11. The molecule has 1 aliphatic rings. The second-order valence-corrected chi connectivity index (χ2v) is 4.58. The molecule has 1 saturated heterocycles. The van der Waals surface area contributed by atoms with Gasteiger partial charge in [0.25, 0.3) is 0 Å². The van der Waals surface area contributed by atoms with Crippen LogP contribution in [0.1, 0.15) is 6.23 Å². The molecule has 8 nitrogen and oxygen atoms in total. The minimum Gasteiger partial charge on any atom is -0.394 e. The van der Waals surface area contributed by atoms with Crippen molar-refractivity contribution in [1.29, 1.82) is 0 Å². The summed E-state index contributed by atoms with van der Waals surface area (Å²) in [5.74, 6) is 0. The summed E-state index contributed by atoms with van der Waals surface area (Å²) in [6.07, 6.45) is -1.44. The van der Waals surface area contributed by atoms with E-state index >= 15 is 0 Å². The molecule has 4 atom stereocenters. The standard InChI is InChI=1S/C10H11ClN4O4/c11-8-5-9(13-2-12-8)15(3-14-5)10-7(18)6(17)4(1-16)19-10/h2-4,6-7,10,16-18H,1H2/t4-,6-,7-,10?/m0/s1. The van der Waals surface area contributed by atoms with E-state index < -0.39 is 31.1 Å². The van der Waals surface area contributed by atoms with Crippen LogP contribution in [0, 0.1) is 0 Å². The molecule has 3 heterocycles. The molecule has 1 aliphatic heterocycles. The molecule has 19 heavy (non-hydrogen) atoms. The molecule has 2 aromatic heterocycles. The zero-order valence-electron chi connectivity index (χ0n) is 9.59. The average Bonchev–Trinajstić information content (AvgIpc) is 2.94. The Bertz CT molecular complexity index is 606. The van der Waals surface area contributed by atoms with Crippen LogP contribution < -0.4 is 0 Å². The normalized spacial score (nSPS) is 31.2. The third kappa shape index (κ3) is 1.88. The predicted molar refractivity (Wildman–Crippen MR) is 63.3 cm³/mol. The monoisotopic (exact) mass is 286 g/mol. The Labute approximate surface area is 112 Å². The lowest BCUT2D eigenvalue weighted by Gasteiger charge is -2.16. The van der Waals surface area contributed by atoms with Gasteiger partial charge in [-0.25, -0.2) is 15.0 Å². The molecule has 102 valence electrons. The maximum atomic E-state index is 9.95. The van der Waals surface area contributed by atoms with Crippen molar-refractivity contribution in [3.8, 4) is 0 Å². The maximum Gasteiger partial charge on any atom is 0.167 e. The fourth-order valence-electron chi connectivity index (χ4n) is 2.12. The van der Waals surface area contributed by atoms with Crippen molar-refractivity contribution in [2.45, 2.75) is 24.5 Å². The SMILES string of the molecule is OC[C@@H]1OC(n2cnc3c(Cl)ncnc32)[C@@H](O)[C@H]1O. The summed E-state index contributed by atoms with van der Waals surface area (Å²) in [7, 11) is 0. The number of halogens is 1. The highest BCUT2D eigenvalue weighted by Gasteiger charge is 2.43. The molecule has 1 fully saturated rings. The molecule has 0 saturated carbocycles. The Morgan fingerprint density at radius 2 is 2.05 bits per heavy atom. The lowest BCUT2D eigenvalue weighted by molar-refractivity contribution is -0.0511. The van der Waals surface area contributed by atoms with Gasteiger partial charge in [0.2, 0.25) is 0 Å². The summed E-state index contributed by atoms with van der Waals surface area (Å²) < 4.78 is 6.85. The minimum atomic E-state index is -1.19. The van der Waals surface area contributed by atoms with Crippen molar-refractivity contribution in [3.63, 3.8) is 0 Å². The number of hydrogen-bond acceptors (Lipinski definition) is 7. The molecule has 1 unspecified atom stereocenters. The van der Waals surface area contributed by atoms with Gasteiger partial charge in [0.05, 0.1) is 12.9 Å². The number of imidazole rings is 1. The number of nitrogens with zero attached hydrogens (tertiary/aromatic N) is 4. The first-order chi connectivity index (χ1) is 9.13. The van der Waals surface area contributed by atoms with E-state index in [1.165, 1.54) is 17.2 Å². The number of aromatic nitrogens is 4. The van der Waals surface area contributed by atoms with E-state index in [2.05, 4.69) is 15.0 Å². The molecule has 9 heteroatoms. The molecule has 3 rings (SSSR count). The molecule has 0 aliphatic carbocycles. The first-order valence-electron chi connectivity index (χ1n) is 5.59. The second-order valence-electron chi connectivity index (χ2n) is 4.22. The topological polar surface area (TPSA) is 114 Å². The van der Waals surface area contributed by atoms with Crippen molar-refractivity contribution in [3.05, 3.63) is 17.8 Å². The zero-order chi connectivity index (χ0) is 13.6. The molecule has 0 bridgehead atoms. The highest BCUT2D eigenvalue weighted by Crippen LogP contribution is 2.31. The predicted octanol–water partition coefficient (Wildman–Crippen LogP) is -0.909. The molecular formula is C10H11ClN4O4. The van der Waals surface area contributed by atoms with Crippen LogP contribution in [0.25, 0.3) is 11.2 Å². The quantitative estimate of drug-likeness (QED) is 0.613. The van der Waals surface area contributed by atoms with Crippen LogP contribution in [0.3, 0.4) is 0 Å². The molecule has 0 radical (unpaired) electrons. The van der Waals surface area contributed by atoms with Gasteiger partial charge < -0.3 is 20.1 Å². The van der Waals surface area contributed by atoms with E-state index in [9.17, 15) is 10.2 Å². The smallest absolute Gasteiger partial charge is 0.167 e. The van der Waals surface area contributed by atoms with Gasteiger partial charge in [-0.2, -0.15) is 0 Å². The van der Waals surface area contributed by atoms with E-state index in [0.717, 1.165) is 0 Å². The maximum absolute atomic E-state index is 9.95. The molecule has 0 aromatic carbocycles. The van der Waals surface area contributed by atoms with Crippen LogP contribution >= 0.6 is 11.6 Å². The Balaban J connectivity index is 2.04. The van der Waals surface area contributed by atoms with Crippen molar-refractivity contribution in [2.75, 3.05) is 6.61 Å². The van der Waals surface area contributed by atoms with Crippen molar-refractivity contribution in [2.24, 2.45) is 0 Å². The third-order valence-corrected chi connectivity index (χ3v) is 3.38. The van der Waals surface area contributed by atoms with E-state index in [1.54, 1.807) is 0 Å².